The maximum absolute atomic E-state index is 11.7. The summed E-state index contributed by atoms with van der Waals surface area (Å²) in [6, 6.07) is 3.35. The summed E-state index contributed by atoms with van der Waals surface area (Å²) < 4.78 is 30.5. The average molecular weight is 285 g/mol. The Morgan fingerprint density at radius 3 is 2.63 bits per heavy atom. The molecule has 1 aromatic heterocycles. The van der Waals surface area contributed by atoms with Gasteiger partial charge in [-0.1, -0.05) is 26.7 Å². The lowest BCUT2D eigenvalue weighted by atomic mass is 10.1. The number of hydrogen-bond acceptors (Lipinski definition) is 4. The molecule has 0 bridgehead atoms. The number of nitrogens with one attached hydrogen (secondary N) is 1. The molecule has 1 aromatic rings. The van der Waals surface area contributed by atoms with Crippen LogP contribution in [0, 0.1) is 5.92 Å². The van der Waals surface area contributed by atoms with Crippen LogP contribution in [0.5, 0.6) is 0 Å². The quantitative estimate of drug-likeness (QED) is 0.779. The molecule has 0 atom stereocenters. The van der Waals surface area contributed by atoms with Gasteiger partial charge in [0.15, 0.2) is 0 Å². The van der Waals surface area contributed by atoms with E-state index in [0.717, 1.165) is 18.9 Å². The third-order valence-electron chi connectivity index (χ3n) is 2.81. The molecule has 1 rings (SSSR count). The topological polar surface area (TPSA) is 76.4 Å². The van der Waals surface area contributed by atoms with Crippen LogP contribution < -0.4 is 4.72 Å². The SMILES string of the molecule is CCC(CC)CS(=O)(=O)NC(=O)C=Cc1ccco1. The monoisotopic (exact) mass is 285 g/mol. The molecule has 1 heterocycles. The van der Waals surface area contributed by atoms with E-state index >= 15 is 0 Å². The third kappa shape index (κ3) is 5.74. The lowest BCUT2D eigenvalue weighted by molar-refractivity contribution is -0.114. The number of furan rings is 1. The molecule has 0 unspecified atom stereocenters. The van der Waals surface area contributed by atoms with Crippen molar-refractivity contribution in [3.63, 3.8) is 0 Å². The molecule has 106 valence electrons. The minimum absolute atomic E-state index is 0.0274. The maximum atomic E-state index is 11.7. The summed E-state index contributed by atoms with van der Waals surface area (Å²) in [6.45, 7) is 3.87. The summed E-state index contributed by atoms with van der Waals surface area (Å²) in [5.74, 6) is -0.130. The average Bonchev–Trinajstić information content (AvgIpc) is 2.86. The Morgan fingerprint density at radius 1 is 1.42 bits per heavy atom. The molecule has 19 heavy (non-hydrogen) atoms. The van der Waals surface area contributed by atoms with E-state index in [2.05, 4.69) is 0 Å². The van der Waals surface area contributed by atoms with E-state index in [-0.39, 0.29) is 11.7 Å². The highest BCUT2D eigenvalue weighted by molar-refractivity contribution is 7.90. The first-order valence-corrected chi connectivity index (χ1v) is 7.88. The molecule has 5 nitrogen and oxygen atoms in total. The summed E-state index contributed by atoms with van der Waals surface area (Å²) >= 11 is 0. The first-order chi connectivity index (χ1) is 8.96. The minimum atomic E-state index is -3.58. The van der Waals surface area contributed by atoms with Gasteiger partial charge in [0.1, 0.15) is 5.76 Å². The molecule has 0 aliphatic rings. The number of hydrogen-bond donors (Lipinski definition) is 1. The predicted octanol–water partition coefficient (Wildman–Crippen LogP) is 2.17. The normalized spacial score (nSPS) is 12.2. The summed E-state index contributed by atoms with van der Waals surface area (Å²) in [4.78, 5) is 11.5. The summed E-state index contributed by atoms with van der Waals surface area (Å²) in [5, 5.41) is 0. The zero-order chi connectivity index (χ0) is 14.3. The first kappa shape index (κ1) is 15.5. The highest BCUT2D eigenvalue weighted by atomic mass is 32.2. The maximum Gasteiger partial charge on any atom is 0.257 e. The highest BCUT2D eigenvalue weighted by Gasteiger charge is 2.18. The number of sulfonamides is 1. The van der Waals surface area contributed by atoms with Gasteiger partial charge in [0.25, 0.3) is 5.91 Å². The largest absolute Gasteiger partial charge is 0.465 e. The van der Waals surface area contributed by atoms with Gasteiger partial charge in [-0.25, -0.2) is 13.1 Å². The van der Waals surface area contributed by atoms with Crippen molar-refractivity contribution in [2.45, 2.75) is 26.7 Å². The van der Waals surface area contributed by atoms with Crippen molar-refractivity contribution in [3.05, 3.63) is 30.2 Å². The second-order valence-electron chi connectivity index (χ2n) is 4.28. The summed E-state index contributed by atoms with van der Waals surface area (Å²) in [5.41, 5.74) is 0. The standard InChI is InChI=1S/C13H19NO4S/c1-3-11(4-2)10-19(16,17)14-13(15)8-7-12-6-5-9-18-12/h5-9,11H,3-4,10H2,1-2H3,(H,14,15). The molecule has 0 radical (unpaired) electrons. The van der Waals surface area contributed by atoms with E-state index in [4.69, 9.17) is 4.42 Å². The molecule has 0 saturated carbocycles. The number of carbonyl (C=O) groups is 1. The van der Waals surface area contributed by atoms with Crippen LogP contribution >= 0.6 is 0 Å². The minimum Gasteiger partial charge on any atom is -0.465 e. The van der Waals surface area contributed by atoms with Crippen molar-refractivity contribution in [2.24, 2.45) is 5.92 Å². The Bertz CT molecular complexity index is 513. The predicted molar refractivity (Wildman–Crippen MR) is 73.7 cm³/mol. The van der Waals surface area contributed by atoms with Gasteiger partial charge in [-0.3, -0.25) is 4.79 Å². The zero-order valence-corrected chi connectivity index (χ0v) is 11.9. The van der Waals surface area contributed by atoms with E-state index in [0.29, 0.717) is 5.76 Å². The third-order valence-corrected chi connectivity index (χ3v) is 4.23. The van der Waals surface area contributed by atoms with Crippen LogP contribution in [0.4, 0.5) is 0 Å². The van der Waals surface area contributed by atoms with Gasteiger partial charge in [-0.15, -0.1) is 0 Å². The van der Waals surface area contributed by atoms with E-state index in [1.807, 2.05) is 18.6 Å². The number of amides is 1. The summed E-state index contributed by atoms with van der Waals surface area (Å²) in [6.07, 6.45) is 5.58. The van der Waals surface area contributed by atoms with Crippen LogP contribution in [0.1, 0.15) is 32.4 Å². The molecule has 0 aliphatic heterocycles. The molecular formula is C13H19NO4S. The molecule has 0 aromatic carbocycles. The smallest absolute Gasteiger partial charge is 0.257 e. The van der Waals surface area contributed by atoms with Crippen LogP contribution in [-0.4, -0.2) is 20.1 Å². The Kier molecular flexibility index (Phi) is 5.82. The second-order valence-corrected chi connectivity index (χ2v) is 6.05. The van der Waals surface area contributed by atoms with E-state index < -0.39 is 15.9 Å². The second kappa shape index (κ2) is 7.13. The number of carbonyl (C=O) groups excluding carboxylic acids is 1. The fraction of sp³-hybridized carbons (Fsp3) is 0.462. The van der Waals surface area contributed by atoms with Crippen molar-refractivity contribution < 1.29 is 17.6 Å². The van der Waals surface area contributed by atoms with Crippen molar-refractivity contribution in [3.8, 4) is 0 Å². The van der Waals surface area contributed by atoms with Crippen LogP contribution in [-0.2, 0) is 14.8 Å². The van der Waals surface area contributed by atoms with Crippen LogP contribution in [0.2, 0.25) is 0 Å². The molecule has 0 fully saturated rings. The van der Waals surface area contributed by atoms with Gasteiger partial charge in [0.05, 0.1) is 12.0 Å². The molecule has 0 spiro atoms. The van der Waals surface area contributed by atoms with Gasteiger partial charge in [-0.05, 0) is 24.1 Å². The molecule has 1 N–H and O–H groups in total. The molecule has 0 saturated heterocycles. The first-order valence-electron chi connectivity index (χ1n) is 6.23. The van der Waals surface area contributed by atoms with Crippen LogP contribution in [0.25, 0.3) is 6.08 Å². The van der Waals surface area contributed by atoms with Crippen molar-refractivity contribution >= 4 is 22.0 Å². The Morgan fingerprint density at radius 2 is 2.11 bits per heavy atom. The van der Waals surface area contributed by atoms with Crippen LogP contribution in [0.15, 0.2) is 28.9 Å². The Hall–Kier alpha value is -1.56. The van der Waals surface area contributed by atoms with Gasteiger partial charge in [0.2, 0.25) is 10.0 Å². The van der Waals surface area contributed by atoms with Gasteiger partial charge in [0, 0.05) is 6.08 Å². The molecule has 0 aliphatic carbocycles. The van der Waals surface area contributed by atoms with Crippen molar-refractivity contribution in [1.82, 2.24) is 4.72 Å². The van der Waals surface area contributed by atoms with Gasteiger partial charge >= 0.3 is 0 Å². The fourth-order valence-electron chi connectivity index (χ4n) is 1.61. The number of rotatable bonds is 7. The van der Waals surface area contributed by atoms with E-state index in [1.165, 1.54) is 12.3 Å². The zero-order valence-electron chi connectivity index (χ0n) is 11.1. The van der Waals surface area contributed by atoms with Crippen LogP contribution in [0.3, 0.4) is 0 Å². The lowest BCUT2D eigenvalue weighted by Crippen LogP contribution is -2.33. The fourth-order valence-corrected chi connectivity index (χ4v) is 3.16. The van der Waals surface area contributed by atoms with E-state index in [9.17, 15) is 13.2 Å². The van der Waals surface area contributed by atoms with Gasteiger partial charge in [-0.2, -0.15) is 0 Å². The van der Waals surface area contributed by atoms with E-state index in [1.54, 1.807) is 12.1 Å². The Balaban J connectivity index is 2.55. The Labute approximate surface area is 113 Å². The highest BCUT2D eigenvalue weighted by Crippen LogP contribution is 2.10. The summed E-state index contributed by atoms with van der Waals surface area (Å²) in [7, 11) is -3.58. The van der Waals surface area contributed by atoms with Gasteiger partial charge < -0.3 is 4.42 Å². The lowest BCUT2D eigenvalue weighted by Gasteiger charge is -2.12. The molecule has 1 amide bonds. The molecular weight excluding hydrogens is 266 g/mol. The molecule has 6 heteroatoms. The van der Waals surface area contributed by atoms with Crippen molar-refractivity contribution in [1.29, 1.82) is 0 Å². The van der Waals surface area contributed by atoms with Crippen molar-refractivity contribution in [2.75, 3.05) is 5.75 Å².